The average Bonchev–Trinajstić information content (AvgIpc) is 3.12. The van der Waals surface area contributed by atoms with Crippen molar-refractivity contribution in [3.63, 3.8) is 0 Å². The van der Waals surface area contributed by atoms with Crippen molar-refractivity contribution in [2.24, 2.45) is 5.14 Å². The van der Waals surface area contributed by atoms with E-state index in [4.69, 9.17) is 21.5 Å². The van der Waals surface area contributed by atoms with Crippen LogP contribution in [0.1, 0.15) is 5.56 Å². The number of anilines is 1. The smallest absolute Gasteiger partial charge is 0.273 e. The lowest BCUT2D eigenvalue weighted by Gasteiger charge is -2.11. The van der Waals surface area contributed by atoms with Gasteiger partial charge in [-0.2, -0.15) is 0 Å². The number of amides is 1. The Morgan fingerprint density at radius 3 is 2.68 bits per heavy atom. The van der Waals surface area contributed by atoms with Gasteiger partial charge >= 0.3 is 0 Å². The van der Waals surface area contributed by atoms with Crippen LogP contribution in [0.4, 0.5) is 5.69 Å². The summed E-state index contributed by atoms with van der Waals surface area (Å²) in [5.41, 5.74) is 1.71. The molecule has 0 atom stereocenters. The first-order chi connectivity index (χ1) is 13.3. The van der Waals surface area contributed by atoms with Gasteiger partial charge in [-0.3, -0.25) is 4.79 Å². The Labute approximate surface area is 171 Å². The summed E-state index contributed by atoms with van der Waals surface area (Å²) in [7, 11) is -2.58. The van der Waals surface area contributed by atoms with E-state index in [9.17, 15) is 13.2 Å². The number of rotatable bonds is 6. The normalized spacial score (nSPS) is 11.2. The number of hydrogen-bond acceptors (Lipinski definition) is 6. The van der Waals surface area contributed by atoms with Crippen molar-refractivity contribution >= 4 is 44.6 Å². The summed E-state index contributed by atoms with van der Waals surface area (Å²) in [6, 6.07) is 11.4. The molecular weight excluding hydrogens is 422 g/mol. The summed E-state index contributed by atoms with van der Waals surface area (Å²) >= 11 is 7.30. The highest BCUT2D eigenvalue weighted by Gasteiger charge is 2.19. The van der Waals surface area contributed by atoms with Gasteiger partial charge < -0.3 is 10.1 Å². The van der Waals surface area contributed by atoms with Crippen LogP contribution in [0, 0.1) is 0 Å². The van der Waals surface area contributed by atoms with E-state index in [1.165, 1.54) is 24.5 Å². The zero-order valence-electron chi connectivity index (χ0n) is 14.7. The molecule has 0 unspecified atom stereocenters. The number of hydrogen-bond donors (Lipinski definition) is 2. The number of primary sulfonamides is 1. The maximum atomic E-state index is 12.3. The van der Waals surface area contributed by atoms with E-state index in [1.807, 2.05) is 0 Å². The molecule has 3 N–H and O–H groups in total. The molecule has 2 aromatic carbocycles. The van der Waals surface area contributed by atoms with Crippen molar-refractivity contribution in [3.05, 3.63) is 58.4 Å². The van der Waals surface area contributed by atoms with Crippen molar-refractivity contribution in [1.29, 1.82) is 0 Å². The van der Waals surface area contributed by atoms with E-state index in [-0.39, 0.29) is 17.2 Å². The van der Waals surface area contributed by atoms with Crippen molar-refractivity contribution in [1.82, 2.24) is 4.98 Å². The lowest BCUT2D eigenvalue weighted by Crippen LogP contribution is -2.17. The van der Waals surface area contributed by atoms with Crippen molar-refractivity contribution in [2.45, 2.75) is 11.3 Å². The largest absolute Gasteiger partial charge is 0.473 e. The maximum Gasteiger partial charge on any atom is 0.273 e. The first-order valence-corrected chi connectivity index (χ1v) is 10.8. The van der Waals surface area contributed by atoms with Crippen molar-refractivity contribution < 1.29 is 17.9 Å². The second-order valence-electron chi connectivity index (χ2n) is 5.78. The second-order valence-corrected chi connectivity index (χ2v) is 8.53. The van der Waals surface area contributed by atoms with Gasteiger partial charge in [-0.1, -0.05) is 41.1 Å². The van der Waals surface area contributed by atoms with Crippen LogP contribution < -0.4 is 15.2 Å². The van der Waals surface area contributed by atoms with Crippen LogP contribution in [0.5, 0.6) is 5.19 Å². The van der Waals surface area contributed by atoms with Gasteiger partial charge in [0.15, 0.2) is 0 Å². The first-order valence-electron chi connectivity index (χ1n) is 7.98. The minimum Gasteiger partial charge on any atom is -0.473 e. The number of aromatic nitrogens is 1. The Kier molecular flexibility index (Phi) is 5.99. The third-order valence-corrected chi connectivity index (χ3v) is 5.93. The highest BCUT2D eigenvalue weighted by molar-refractivity contribution is 7.89. The molecule has 0 bridgehead atoms. The number of benzene rings is 2. The van der Waals surface area contributed by atoms with Gasteiger partial charge in [0.05, 0.1) is 24.1 Å². The fourth-order valence-electron chi connectivity index (χ4n) is 2.54. The summed E-state index contributed by atoms with van der Waals surface area (Å²) in [4.78, 5) is 16.4. The molecule has 3 aromatic rings. The number of methoxy groups -OCH3 is 1. The number of sulfonamides is 1. The van der Waals surface area contributed by atoms with Crippen LogP contribution in [-0.2, 0) is 21.2 Å². The molecular formula is C18H16ClN3O4S2. The Morgan fingerprint density at radius 1 is 1.29 bits per heavy atom. The Morgan fingerprint density at radius 2 is 2.04 bits per heavy atom. The van der Waals surface area contributed by atoms with Gasteiger partial charge in [-0.25, -0.2) is 18.5 Å². The van der Waals surface area contributed by atoms with E-state index < -0.39 is 10.0 Å². The molecule has 0 aliphatic rings. The summed E-state index contributed by atoms with van der Waals surface area (Å²) in [5.74, 6) is -0.337. The highest BCUT2D eigenvalue weighted by atomic mass is 35.5. The minimum absolute atomic E-state index is 0.0510. The molecule has 0 aliphatic heterocycles. The van der Waals surface area contributed by atoms with E-state index in [0.29, 0.717) is 32.7 Å². The van der Waals surface area contributed by atoms with E-state index >= 15 is 0 Å². The number of halogens is 1. The summed E-state index contributed by atoms with van der Waals surface area (Å²) in [5, 5.41) is 10.6. The number of nitrogens with one attached hydrogen (secondary N) is 1. The Balaban J connectivity index is 1.89. The van der Waals surface area contributed by atoms with E-state index in [2.05, 4.69) is 10.3 Å². The van der Waals surface area contributed by atoms with Gasteiger partial charge in [-0.05, 0) is 29.8 Å². The topological polar surface area (TPSA) is 111 Å². The number of carbonyl (C=O) groups excluding carboxylic acids is 1. The number of nitrogens with two attached hydrogens (primary N) is 1. The quantitative estimate of drug-likeness (QED) is 0.614. The molecule has 1 amide bonds. The fraction of sp³-hybridized carbons (Fsp3) is 0.111. The van der Waals surface area contributed by atoms with E-state index in [1.54, 1.807) is 41.8 Å². The number of ether oxygens (including phenoxy) is 1. The van der Waals surface area contributed by atoms with Gasteiger partial charge in [-0.15, -0.1) is 0 Å². The van der Waals surface area contributed by atoms with Crippen LogP contribution in [0.3, 0.4) is 0 Å². The molecule has 10 heteroatoms. The van der Waals surface area contributed by atoms with Crippen LogP contribution in [0.25, 0.3) is 11.3 Å². The van der Waals surface area contributed by atoms with Crippen molar-refractivity contribution in [2.75, 3.05) is 12.4 Å². The number of thiazole rings is 1. The molecule has 28 heavy (non-hydrogen) atoms. The summed E-state index contributed by atoms with van der Waals surface area (Å²) < 4.78 is 29.2. The Hall–Kier alpha value is -2.46. The monoisotopic (exact) mass is 437 g/mol. The minimum atomic E-state index is -4.05. The van der Waals surface area contributed by atoms with Gasteiger partial charge in [0, 0.05) is 21.7 Å². The van der Waals surface area contributed by atoms with Crippen LogP contribution in [0.2, 0.25) is 5.02 Å². The zero-order valence-corrected chi connectivity index (χ0v) is 17.1. The molecule has 0 fully saturated rings. The second kappa shape index (κ2) is 8.27. The fourth-order valence-corrected chi connectivity index (χ4v) is 4.15. The summed E-state index contributed by atoms with van der Waals surface area (Å²) in [6.07, 6.45) is 0.0510. The lowest BCUT2D eigenvalue weighted by atomic mass is 10.1. The van der Waals surface area contributed by atoms with Crippen LogP contribution in [0.15, 0.2) is 52.7 Å². The molecule has 3 rings (SSSR count). The van der Waals surface area contributed by atoms with Gasteiger partial charge in [0.2, 0.25) is 15.9 Å². The third-order valence-electron chi connectivity index (χ3n) is 3.81. The molecule has 0 saturated heterocycles. The molecule has 0 saturated carbocycles. The maximum absolute atomic E-state index is 12.3. The molecule has 1 heterocycles. The molecule has 0 aliphatic carbocycles. The zero-order chi connectivity index (χ0) is 20.3. The molecule has 1 aromatic heterocycles. The average molecular weight is 438 g/mol. The van der Waals surface area contributed by atoms with Crippen LogP contribution >= 0.6 is 22.9 Å². The Bertz CT molecular complexity index is 1130. The predicted molar refractivity (Wildman–Crippen MR) is 109 cm³/mol. The van der Waals surface area contributed by atoms with Crippen LogP contribution in [-0.4, -0.2) is 26.4 Å². The van der Waals surface area contributed by atoms with Crippen molar-refractivity contribution in [3.8, 4) is 16.5 Å². The standard InChI is InChI=1S/C18H16ClN3O4S2/c1-26-18-22-15(10-27-18)13-7-6-12(9-16(13)28(20,24)25)21-17(23)8-11-4-2-3-5-14(11)19/h2-7,9-10H,8H2,1H3,(H,21,23)(H2,20,24,25). The van der Waals surface area contributed by atoms with Gasteiger partial charge in [0.25, 0.3) is 5.19 Å². The molecule has 146 valence electrons. The number of carbonyl (C=O) groups is 1. The third kappa shape index (κ3) is 4.68. The molecule has 7 nitrogen and oxygen atoms in total. The predicted octanol–water partition coefficient (Wildman–Crippen LogP) is 3.30. The lowest BCUT2D eigenvalue weighted by molar-refractivity contribution is -0.115. The first kappa shape index (κ1) is 20.3. The molecule has 0 radical (unpaired) electrons. The number of nitrogens with zero attached hydrogens (tertiary/aromatic N) is 1. The summed E-state index contributed by atoms with van der Waals surface area (Å²) in [6.45, 7) is 0. The van der Waals surface area contributed by atoms with Gasteiger partial charge in [0.1, 0.15) is 0 Å². The van der Waals surface area contributed by atoms with E-state index in [0.717, 1.165) is 0 Å². The SMILES string of the molecule is COc1nc(-c2ccc(NC(=O)Cc3ccccc3Cl)cc2S(N)(=O)=O)cs1. The molecule has 0 spiro atoms. The highest BCUT2D eigenvalue weighted by Crippen LogP contribution is 2.32.